The van der Waals surface area contributed by atoms with E-state index in [1.54, 1.807) is 11.1 Å². The summed E-state index contributed by atoms with van der Waals surface area (Å²) in [7, 11) is 0. The third kappa shape index (κ3) is 2.25. The average molecular weight is 268 g/mol. The highest BCUT2D eigenvalue weighted by molar-refractivity contribution is 6.06. The minimum Gasteiger partial charge on any atom is -0.485 e. The number of carbonyl (C=O) groups is 1. The molecule has 1 aliphatic heterocycles. The number of anilines is 1. The molecule has 4 nitrogen and oxygen atoms in total. The standard InChI is InChI=1S/C16H16N2O2/c1-2-13-11-18(15-14(20-13)9-6-10-17-15)16(19)12-7-4-3-5-8-12/h3-10,13H,2,11H2,1H3. The molecule has 0 spiro atoms. The van der Waals surface area contributed by atoms with E-state index in [-0.39, 0.29) is 12.0 Å². The number of hydrogen-bond donors (Lipinski definition) is 0. The fourth-order valence-electron chi connectivity index (χ4n) is 2.31. The van der Waals surface area contributed by atoms with Gasteiger partial charge in [0, 0.05) is 11.8 Å². The second-order valence-electron chi connectivity index (χ2n) is 4.76. The van der Waals surface area contributed by atoms with Crippen LogP contribution in [0.2, 0.25) is 0 Å². The molecule has 1 aromatic carbocycles. The van der Waals surface area contributed by atoms with Crippen molar-refractivity contribution in [3.63, 3.8) is 0 Å². The van der Waals surface area contributed by atoms with Crippen molar-refractivity contribution in [3.8, 4) is 5.75 Å². The largest absolute Gasteiger partial charge is 0.485 e. The number of hydrogen-bond acceptors (Lipinski definition) is 3. The molecule has 0 bridgehead atoms. The normalized spacial score (nSPS) is 17.2. The molecular weight excluding hydrogens is 252 g/mol. The Morgan fingerprint density at radius 2 is 2.10 bits per heavy atom. The van der Waals surface area contributed by atoms with Crippen molar-refractivity contribution in [1.82, 2.24) is 4.98 Å². The van der Waals surface area contributed by atoms with Gasteiger partial charge >= 0.3 is 0 Å². The van der Waals surface area contributed by atoms with Crippen molar-refractivity contribution < 1.29 is 9.53 Å². The predicted octanol–water partition coefficient (Wildman–Crippen LogP) is 2.90. The van der Waals surface area contributed by atoms with E-state index in [4.69, 9.17) is 4.74 Å². The van der Waals surface area contributed by atoms with Gasteiger partial charge in [-0.05, 0) is 30.7 Å². The Balaban J connectivity index is 1.98. The molecule has 0 saturated carbocycles. The van der Waals surface area contributed by atoms with Gasteiger partial charge < -0.3 is 4.74 Å². The van der Waals surface area contributed by atoms with Crippen molar-refractivity contribution in [2.75, 3.05) is 11.4 Å². The molecule has 0 saturated heterocycles. The van der Waals surface area contributed by atoms with E-state index in [2.05, 4.69) is 11.9 Å². The van der Waals surface area contributed by atoms with Gasteiger partial charge in [-0.1, -0.05) is 25.1 Å². The van der Waals surface area contributed by atoms with Crippen molar-refractivity contribution in [3.05, 3.63) is 54.2 Å². The van der Waals surface area contributed by atoms with Gasteiger partial charge in [0.1, 0.15) is 6.10 Å². The number of amides is 1. The summed E-state index contributed by atoms with van der Waals surface area (Å²) >= 11 is 0. The number of aromatic nitrogens is 1. The van der Waals surface area contributed by atoms with Gasteiger partial charge in [-0.25, -0.2) is 4.98 Å². The van der Waals surface area contributed by atoms with Gasteiger partial charge in [0.05, 0.1) is 6.54 Å². The number of benzene rings is 1. The van der Waals surface area contributed by atoms with Crippen LogP contribution in [0.1, 0.15) is 23.7 Å². The molecule has 1 aliphatic rings. The Bertz CT molecular complexity index is 613. The van der Waals surface area contributed by atoms with Crippen LogP contribution < -0.4 is 9.64 Å². The van der Waals surface area contributed by atoms with Crippen molar-refractivity contribution in [2.45, 2.75) is 19.4 Å². The molecule has 20 heavy (non-hydrogen) atoms. The summed E-state index contributed by atoms with van der Waals surface area (Å²) in [6.45, 7) is 2.59. The number of rotatable bonds is 2. The molecule has 0 fully saturated rings. The second-order valence-corrected chi connectivity index (χ2v) is 4.76. The van der Waals surface area contributed by atoms with E-state index in [1.807, 2.05) is 42.5 Å². The van der Waals surface area contributed by atoms with E-state index in [0.29, 0.717) is 23.7 Å². The van der Waals surface area contributed by atoms with Crippen LogP contribution in [0.5, 0.6) is 5.75 Å². The number of carbonyl (C=O) groups excluding carboxylic acids is 1. The van der Waals surface area contributed by atoms with E-state index in [9.17, 15) is 4.79 Å². The summed E-state index contributed by atoms with van der Waals surface area (Å²) in [6.07, 6.45) is 2.55. The van der Waals surface area contributed by atoms with Gasteiger partial charge in [0.2, 0.25) is 0 Å². The van der Waals surface area contributed by atoms with Gasteiger partial charge in [0.25, 0.3) is 5.91 Å². The molecule has 3 rings (SSSR count). The smallest absolute Gasteiger partial charge is 0.259 e. The SMILES string of the molecule is CCC1CN(C(=O)c2ccccc2)c2ncccc2O1. The zero-order valence-electron chi connectivity index (χ0n) is 11.3. The molecule has 0 aliphatic carbocycles. The molecule has 102 valence electrons. The zero-order chi connectivity index (χ0) is 13.9. The molecule has 2 aromatic rings. The summed E-state index contributed by atoms with van der Waals surface area (Å²) in [5.41, 5.74) is 0.667. The van der Waals surface area contributed by atoms with Crippen LogP contribution in [0, 0.1) is 0 Å². The highest BCUT2D eigenvalue weighted by Gasteiger charge is 2.30. The monoisotopic (exact) mass is 268 g/mol. The highest BCUT2D eigenvalue weighted by Crippen LogP contribution is 2.32. The third-order valence-electron chi connectivity index (χ3n) is 3.41. The summed E-state index contributed by atoms with van der Waals surface area (Å²) < 4.78 is 5.84. The lowest BCUT2D eigenvalue weighted by molar-refractivity contribution is 0.0952. The van der Waals surface area contributed by atoms with Crippen LogP contribution in [-0.4, -0.2) is 23.5 Å². The number of nitrogens with zero attached hydrogens (tertiary/aromatic N) is 2. The summed E-state index contributed by atoms with van der Waals surface area (Å²) in [5, 5.41) is 0. The highest BCUT2D eigenvalue weighted by atomic mass is 16.5. The first-order valence-electron chi connectivity index (χ1n) is 6.78. The van der Waals surface area contributed by atoms with E-state index >= 15 is 0 Å². The molecule has 0 N–H and O–H groups in total. The minimum atomic E-state index is -0.0349. The van der Waals surface area contributed by atoms with Crippen LogP contribution in [0.3, 0.4) is 0 Å². The van der Waals surface area contributed by atoms with Gasteiger partial charge in [0.15, 0.2) is 11.6 Å². The van der Waals surface area contributed by atoms with Crippen LogP contribution in [0.4, 0.5) is 5.82 Å². The van der Waals surface area contributed by atoms with Crippen LogP contribution in [0.25, 0.3) is 0 Å². The van der Waals surface area contributed by atoms with Crippen molar-refractivity contribution in [2.24, 2.45) is 0 Å². The molecule has 1 aromatic heterocycles. The summed E-state index contributed by atoms with van der Waals surface area (Å²) in [6, 6.07) is 13.0. The van der Waals surface area contributed by atoms with E-state index in [0.717, 1.165) is 6.42 Å². The Hall–Kier alpha value is -2.36. The lowest BCUT2D eigenvalue weighted by atomic mass is 10.1. The molecular formula is C16H16N2O2. The molecule has 1 atom stereocenters. The third-order valence-corrected chi connectivity index (χ3v) is 3.41. The number of pyridine rings is 1. The molecule has 0 radical (unpaired) electrons. The molecule has 2 heterocycles. The van der Waals surface area contributed by atoms with Crippen LogP contribution in [-0.2, 0) is 0 Å². The lowest BCUT2D eigenvalue weighted by Crippen LogP contribution is -2.43. The number of fused-ring (bicyclic) bond motifs is 1. The maximum Gasteiger partial charge on any atom is 0.259 e. The molecule has 1 amide bonds. The quantitative estimate of drug-likeness (QED) is 0.841. The maximum absolute atomic E-state index is 12.7. The fraction of sp³-hybridized carbons (Fsp3) is 0.250. The van der Waals surface area contributed by atoms with Gasteiger partial charge in [-0.2, -0.15) is 0 Å². The molecule has 4 heteroatoms. The first-order chi connectivity index (χ1) is 9.79. The molecule has 1 unspecified atom stereocenters. The topological polar surface area (TPSA) is 42.4 Å². The van der Waals surface area contributed by atoms with Crippen molar-refractivity contribution >= 4 is 11.7 Å². The average Bonchev–Trinajstić information content (AvgIpc) is 2.54. The second kappa shape index (κ2) is 5.33. The predicted molar refractivity (Wildman–Crippen MR) is 77.1 cm³/mol. The summed E-state index contributed by atoms with van der Waals surface area (Å²) in [5.74, 6) is 1.24. The zero-order valence-corrected chi connectivity index (χ0v) is 11.3. The van der Waals surface area contributed by atoms with E-state index in [1.165, 1.54) is 0 Å². The van der Waals surface area contributed by atoms with Crippen LogP contribution in [0.15, 0.2) is 48.7 Å². The number of ether oxygens (including phenoxy) is 1. The summed E-state index contributed by atoms with van der Waals surface area (Å²) in [4.78, 5) is 18.7. The first-order valence-corrected chi connectivity index (χ1v) is 6.78. The van der Waals surface area contributed by atoms with Crippen molar-refractivity contribution in [1.29, 1.82) is 0 Å². The Morgan fingerprint density at radius 1 is 1.30 bits per heavy atom. The van der Waals surface area contributed by atoms with E-state index < -0.39 is 0 Å². The minimum absolute atomic E-state index is 0.0133. The van der Waals surface area contributed by atoms with Gasteiger partial charge in [-0.15, -0.1) is 0 Å². The van der Waals surface area contributed by atoms with Gasteiger partial charge in [-0.3, -0.25) is 9.69 Å². The lowest BCUT2D eigenvalue weighted by Gasteiger charge is -2.33. The maximum atomic E-state index is 12.7. The Morgan fingerprint density at radius 3 is 2.85 bits per heavy atom. The Kier molecular flexibility index (Phi) is 3.37. The fourth-order valence-corrected chi connectivity index (χ4v) is 2.31. The van der Waals surface area contributed by atoms with Crippen LogP contribution >= 0.6 is 0 Å². The Labute approximate surface area is 118 Å². The first kappa shape index (κ1) is 12.7.